The molecule has 0 atom stereocenters. The summed E-state index contributed by atoms with van der Waals surface area (Å²) >= 11 is 0. The number of aromatic nitrogens is 3. The highest BCUT2D eigenvalue weighted by molar-refractivity contribution is 6.83. The van der Waals surface area contributed by atoms with Crippen LogP contribution in [0.4, 0.5) is 0 Å². The highest BCUT2D eigenvalue weighted by atomic mass is 28.3. The van der Waals surface area contributed by atoms with Gasteiger partial charge in [-0.3, -0.25) is 4.98 Å². The molecule has 2 aromatic rings. The van der Waals surface area contributed by atoms with Gasteiger partial charge in [0.25, 0.3) is 0 Å². The SMILES string of the molecule is C[Si](C)(C)C#Cc1cnn(-c2cccnc2)c1. The van der Waals surface area contributed by atoms with Crippen molar-refractivity contribution >= 4 is 8.07 Å². The molecule has 0 spiro atoms. The van der Waals surface area contributed by atoms with Gasteiger partial charge in [0.05, 0.1) is 23.6 Å². The minimum absolute atomic E-state index is 0.952. The predicted octanol–water partition coefficient (Wildman–Crippen LogP) is 2.50. The molecule has 0 aliphatic heterocycles. The highest BCUT2D eigenvalue weighted by Gasteiger charge is 2.07. The lowest BCUT2D eigenvalue weighted by Gasteiger charge is -2.02. The zero-order valence-electron chi connectivity index (χ0n) is 10.3. The maximum absolute atomic E-state index is 4.28. The molecule has 0 bridgehead atoms. The molecular weight excluding hydrogens is 226 g/mol. The fourth-order valence-corrected chi connectivity index (χ4v) is 1.80. The van der Waals surface area contributed by atoms with Crippen molar-refractivity contribution in [3.63, 3.8) is 0 Å². The Hall–Kier alpha value is -1.86. The van der Waals surface area contributed by atoms with E-state index in [0.29, 0.717) is 0 Å². The molecule has 2 aromatic heterocycles. The van der Waals surface area contributed by atoms with Gasteiger partial charge in [-0.1, -0.05) is 25.6 Å². The summed E-state index contributed by atoms with van der Waals surface area (Å²) in [5.74, 6) is 3.18. The van der Waals surface area contributed by atoms with Crippen LogP contribution in [0, 0.1) is 11.5 Å². The van der Waals surface area contributed by atoms with E-state index in [2.05, 4.69) is 41.2 Å². The first-order valence-corrected chi connectivity index (χ1v) is 9.03. The molecule has 0 amide bonds. The summed E-state index contributed by atoms with van der Waals surface area (Å²) in [5.41, 5.74) is 5.23. The average Bonchev–Trinajstić information content (AvgIpc) is 2.75. The van der Waals surface area contributed by atoms with Crippen molar-refractivity contribution in [2.45, 2.75) is 19.6 Å². The predicted molar refractivity (Wildman–Crippen MR) is 71.6 cm³/mol. The molecular formula is C13H15N3Si. The van der Waals surface area contributed by atoms with Crippen LogP contribution in [0.15, 0.2) is 36.9 Å². The number of pyridine rings is 1. The maximum atomic E-state index is 4.28. The van der Waals surface area contributed by atoms with Crippen LogP contribution in [0.25, 0.3) is 5.69 Å². The molecule has 0 aliphatic carbocycles. The first-order chi connectivity index (χ1) is 8.04. The highest BCUT2D eigenvalue weighted by Crippen LogP contribution is 2.06. The monoisotopic (exact) mass is 241 g/mol. The van der Waals surface area contributed by atoms with Crippen molar-refractivity contribution < 1.29 is 0 Å². The van der Waals surface area contributed by atoms with E-state index in [0.717, 1.165) is 11.3 Å². The van der Waals surface area contributed by atoms with E-state index in [1.165, 1.54) is 0 Å². The number of rotatable bonds is 1. The van der Waals surface area contributed by atoms with Crippen LogP contribution in [-0.4, -0.2) is 22.8 Å². The normalized spacial score (nSPS) is 10.8. The third-order valence-electron chi connectivity index (χ3n) is 2.07. The van der Waals surface area contributed by atoms with Gasteiger partial charge in [-0.15, -0.1) is 5.54 Å². The lowest BCUT2D eigenvalue weighted by molar-refractivity contribution is 0.874. The van der Waals surface area contributed by atoms with E-state index in [1.54, 1.807) is 23.3 Å². The van der Waals surface area contributed by atoms with Crippen molar-refractivity contribution in [3.05, 3.63) is 42.5 Å². The molecule has 0 saturated carbocycles. The Balaban J connectivity index is 2.25. The second-order valence-electron chi connectivity index (χ2n) is 4.88. The second kappa shape index (κ2) is 4.56. The topological polar surface area (TPSA) is 30.7 Å². The van der Waals surface area contributed by atoms with E-state index < -0.39 is 8.07 Å². The minimum atomic E-state index is -1.32. The number of nitrogens with zero attached hydrogens (tertiary/aromatic N) is 3. The van der Waals surface area contributed by atoms with Crippen LogP contribution in [0.1, 0.15) is 5.56 Å². The van der Waals surface area contributed by atoms with E-state index in [4.69, 9.17) is 0 Å². The molecule has 0 unspecified atom stereocenters. The third-order valence-corrected chi connectivity index (χ3v) is 2.95. The Bertz CT molecular complexity index is 556. The van der Waals surface area contributed by atoms with Gasteiger partial charge in [-0.25, -0.2) is 4.68 Å². The summed E-state index contributed by atoms with van der Waals surface area (Å²) in [6.45, 7) is 6.68. The number of hydrogen-bond donors (Lipinski definition) is 0. The molecule has 0 fully saturated rings. The van der Waals surface area contributed by atoms with Gasteiger partial charge in [-0.05, 0) is 12.1 Å². The maximum Gasteiger partial charge on any atom is 0.129 e. The van der Waals surface area contributed by atoms with Crippen molar-refractivity contribution in [1.82, 2.24) is 14.8 Å². The first-order valence-electron chi connectivity index (χ1n) is 5.53. The Morgan fingerprint density at radius 2 is 2.06 bits per heavy atom. The summed E-state index contributed by atoms with van der Waals surface area (Å²) in [5, 5.41) is 4.28. The largest absolute Gasteiger partial charge is 0.262 e. The average molecular weight is 241 g/mol. The fraction of sp³-hybridized carbons (Fsp3) is 0.231. The molecule has 86 valence electrons. The van der Waals surface area contributed by atoms with E-state index >= 15 is 0 Å². The Morgan fingerprint density at radius 3 is 2.71 bits per heavy atom. The fourth-order valence-electron chi connectivity index (χ4n) is 1.28. The van der Waals surface area contributed by atoms with Crippen molar-refractivity contribution in [2.24, 2.45) is 0 Å². The van der Waals surface area contributed by atoms with Gasteiger partial charge in [0, 0.05) is 12.4 Å². The standard InChI is InChI=1S/C13H15N3Si/c1-17(2,3)8-6-12-9-15-16(11-12)13-5-4-7-14-10-13/h4-5,7,9-11H,1-3H3. The minimum Gasteiger partial charge on any atom is -0.262 e. The van der Waals surface area contributed by atoms with Crippen molar-refractivity contribution in [3.8, 4) is 17.2 Å². The van der Waals surface area contributed by atoms with Crippen LogP contribution >= 0.6 is 0 Å². The van der Waals surface area contributed by atoms with Gasteiger partial charge in [0.2, 0.25) is 0 Å². The first kappa shape index (κ1) is 11.6. The number of hydrogen-bond acceptors (Lipinski definition) is 2. The molecule has 4 heteroatoms. The van der Waals surface area contributed by atoms with E-state index in [1.807, 2.05) is 18.3 Å². The lowest BCUT2D eigenvalue weighted by atomic mass is 10.4. The van der Waals surface area contributed by atoms with Gasteiger partial charge in [-0.2, -0.15) is 5.10 Å². The van der Waals surface area contributed by atoms with Crippen LogP contribution < -0.4 is 0 Å². The molecule has 2 heterocycles. The molecule has 0 radical (unpaired) electrons. The second-order valence-corrected chi connectivity index (χ2v) is 9.63. The zero-order valence-corrected chi connectivity index (χ0v) is 11.3. The van der Waals surface area contributed by atoms with Crippen molar-refractivity contribution in [2.75, 3.05) is 0 Å². The van der Waals surface area contributed by atoms with Gasteiger partial charge in [0.15, 0.2) is 0 Å². The van der Waals surface area contributed by atoms with Crippen LogP contribution in [-0.2, 0) is 0 Å². The van der Waals surface area contributed by atoms with Crippen LogP contribution in [0.3, 0.4) is 0 Å². The van der Waals surface area contributed by atoms with Crippen LogP contribution in [0.5, 0.6) is 0 Å². The molecule has 2 rings (SSSR count). The quantitative estimate of drug-likeness (QED) is 0.567. The molecule has 0 aliphatic rings. The van der Waals surface area contributed by atoms with Gasteiger partial charge >= 0.3 is 0 Å². The summed E-state index contributed by atoms with van der Waals surface area (Å²) in [4.78, 5) is 4.07. The summed E-state index contributed by atoms with van der Waals surface area (Å²) in [6, 6.07) is 3.86. The van der Waals surface area contributed by atoms with Gasteiger partial charge in [0.1, 0.15) is 8.07 Å². The van der Waals surface area contributed by atoms with Crippen molar-refractivity contribution in [1.29, 1.82) is 0 Å². The third kappa shape index (κ3) is 3.30. The van der Waals surface area contributed by atoms with E-state index in [9.17, 15) is 0 Å². The molecule has 0 N–H and O–H groups in total. The zero-order chi connectivity index (χ0) is 12.3. The van der Waals surface area contributed by atoms with E-state index in [-0.39, 0.29) is 0 Å². The Labute approximate surface area is 103 Å². The Morgan fingerprint density at radius 1 is 1.24 bits per heavy atom. The summed E-state index contributed by atoms with van der Waals surface area (Å²) in [7, 11) is -1.32. The summed E-state index contributed by atoms with van der Waals surface area (Å²) in [6.07, 6.45) is 7.26. The van der Waals surface area contributed by atoms with Gasteiger partial charge < -0.3 is 0 Å². The Kier molecular flexibility index (Phi) is 3.11. The molecule has 17 heavy (non-hydrogen) atoms. The van der Waals surface area contributed by atoms with Crippen LogP contribution in [0.2, 0.25) is 19.6 Å². The lowest BCUT2D eigenvalue weighted by Crippen LogP contribution is -2.16. The molecule has 0 aromatic carbocycles. The smallest absolute Gasteiger partial charge is 0.129 e. The summed E-state index contributed by atoms with van der Waals surface area (Å²) < 4.78 is 1.79. The molecule has 3 nitrogen and oxygen atoms in total. The molecule has 0 saturated heterocycles.